The van der Waals surface area contributed by atoms with Crippen LogP contribution in [0.15, 0.2) is 22.2 Å². The molecule has 1 aromatic rings. The van der Waals surface area contributed by atoms with Crippen LogP contribution < -0.4 is 0 Å². The minimum atomic E-state index is -0.895. The summed E-state index contributed by atoms with van der Waals surface area (Å²) in [5.41, 5.74) is 0.317. The molecule has 15 heavy (non-hydrogen) atoms. The van der Waals surface area contributed by atoms with Gasteiger partial charge in [-0.3, -0.25) is 0 Å². The van der Waals surface area contributed by atoms with E-state index in [9.17, 15) is 4.79 Å². The Hall–Kier alpha value is -0.680. The summed E-state index contributed by atoms with van der Waals surface area (Å²) in [4.78, 5) is 15.2. The van der Waals surface area contributed by atoms with E-state index in [0.717, 1.165) is 21.6 Å². The molecule has 0 unspecified atom stereocenters. The number of aromatic nitrogens is 1. The lowest BCUT2D eigenvalue weighted by molar-refractivity contribution is 0.0696. The highest BCUT2D eigenvalue weighted by Gasteiger charge is 2.08. The second kappa shape index (κ2) is 6.02. The summed E-state index contributed by atoms with van der Waals surface area (Å²) >= 11 is 3.12. The molecular formula is C10H13NO2S2. The van der Waals surface area contributed by atoms with E-state index in [2.05, 4.69) is 4.98 Å². The molecule has 0 aliphatic carbocycles. The van der Waals surface area contributed by atoms with Crippen LogP contribution in [0.2, 0.25) is 0 Å². The zero-order chi connectivity index (χ0) is 11.3. The Kier molecular flexibility index (Phi) is 4.98. The molecule has 1 N–H and O–H groups in total. The number of pyridine rings is 1. The van der Waals surface area contributed by atoms with E-state index in [1.807, 2.05) is 13.8 Å². The maximum Gasteiger partial charge on any atom is 0.335 e. The first kappa shape index (κ1) is 12.4. The van der Waals surface area contributed by atoms with Crippen molar-refractivity contribution >= 4 is 29.5 Å². The van der Waals surface area contributed by atoms with Gasteiger partial charge in [0.1, 0.15) is 0 Å². The van der Waals surface area contributed by atoms with Crippen molar-refractivity contribution in [3.8, 4) is 0 Å². The third-order valence-electron chi connectivity index (χ3n) is 1.61. The van der Waals surface area contributed by atoms with Crippen LogP contribution in [0.5, 0.6) is 0 Å². The largest absolute Gasteiger partial charge is 0.478 e. The van der Waals surface area contributed by atoms with E-state index in [0.29, 0.717) is 5.56 Å². The van der Waals surface area contributed by atoms with Gasteiger partial charge in [0.15, 0.2) is 0 Å². The van der Waals surface area contributed by atoms with Crippen molar-refractivity contribution in [3.05, 3.63) is 17.7 Å². The van der Waals surface area contributed by atoms with Crippen LogP contribution in [0.3, 0.4) is 0 Å². The van der Waals surface area contributed by atoms with Gasteiger partial charge < -0.3 is 5.11 Å². The minimum absolute atomic E-state index is 0.317. The predicted molar refractivity (Wildman–Crippen MR) is 64.0 cm³/mol. The molecule has 0 saturated carbocycles. The molecule has 0 atom stereocenters. The Morgan fingerprint density at radius 3 is 2.07 bits per heavy atom. The molecule has 0 spiro atoms. The molecule has 0 aliphatic rings. The molecule has 0 fully saturated rings. The van der Waals surface area contributed by atoms with Gasteiger partial charge in [0, 0.05) is 0 Å². The van der Waals surface area contributed by atoms with Crippen LogP contribution in [0.1, 0.15) is 24.2 Å². The van der Waals surface area contributed by atoms with Gasteiger partial charge in [0.25, 0.3) is 0 Å². The van der Waals surface area contributed by atoms with E-state index in [1.54, 1.807) is 35.7 Å². The first-order valence-electron chi connectivity index (χ1n) is 4.68. The topological polar surface area (TPSA) is 50.2 Å². The summed E-state index contributed by atoms with van der Waals surface area (Å²) in [5.74, 6) is 0.895. The molecule has 0 aliphatic heterocycles. The molecule has 82 valence electrons. The maximum atomic E-state index is 10.9. The molecule has 0 aromatic carbocycles. The van der Waals surface area contributed by atoms with Crippen LogP contribution in [0.25, 0.3) is 0 Å². The Balaban J connectivity index is 3.02. The fraction of sp³-hybridized carbons (Fsp3) is 0.400. The zero-order valence-electron chi connectivity index (χ0n) is 8.69. The second-order valence-corrected chi connectivity index (χ2v) is 5.27. The standard InChI is InChI=1S/C10H13NO2S2/c1-3-14-8-5-7(10(12)13)6-9(11-8)15-4-2/h5-6H,3-4H2,1-2H3,(H,12,13). The molecule has 0 amide bonds. The Morgan fingerprint density at radius 1 is 1.27 bits per heavy atom. The number of rotatable bonds is 5. The lowest BCUT2D eigenvalue weighted by atomic mass is 10.3. The van der Waals surface area contributed by atoms with Gasteiger partial charge >= 0.3 is 5.97 Å². The highest BCUT2D eigenvalue weighted by atomic mass is 32.2. The minimum Gasteiger partial charge on any atom is -0.478 e. The number of nitrogens with zero attached hydrogens (tertiary/aromatic N) is 1. The molecule has 0 saturated heterocycles. The van der Waals surface area contributed by atoms with Crippen molar-refractivity contribution in [2.45, 2.75) is 23.9 Å². The molecule has 0 bridgehead atoms. The van der Waals surface area contributed by atoms with Crippen LogP contribution in [-0.2, 0) is 0 Å². The average molecular weight is 243 g/mol. The number of thioether (sulfide) groups is 2. The summed E-state index contributed by atoms with van der Waals surface area (Å²) in [6.07, 6.45) is 0. The summed E-state index contributed by atoms with van der Waals surface area (Å²) in [5, 5.41) is 10.5. The Morgan fingerprint density at radius 2 is 1.73 bits per heavy atom. The third kappa shape index (κ3) is 3.76. The second-order valence-electron chi connectivity index (χ2n) is 2.70. The Bertz CT molecular complexity index is 331. The van der Waals surface area contributed by atoms with Crippen LogP contribution in [0, 0.1) is 0 Å². The van der Waals surface area contributed by atoms with E-state index >= 15 is 0 Å². The lowest BCUT2D eigenvalue weighted by Gasteiger charge is -2.04. The maximum absolute atomic E-state index is 10.9. The van der Waals surface area contributed by atoms with Gasteiger partial charge in [-0.05, 0) is 23.6 Å². The van der Waals surface area contributed by atoms with E-state index < -0.39 is 5.97 Å². The molecule has 3 nitrogen and oxygen atoms in total. The van der Waals surface area contributed by atoms with Crippen molar-refractivity contribution in [1.29, 1.82) is 0 Å². The van der Waals surface area contributed by atoms with Gasteiger partial charge in [-0.2, -0.15) is 0 Å². The number of carboxylic acid groups (broad SMARTS) is 1. The molecule has 1 aromatic heterocycles. The SMILES string of the molecule is CCSc1cc(C(=O)O)cc(SCC)n1. The first-order chi connectivity index (χ1) is 7.17. The van der Waals surface area contributed by atoms with Crippen LogP contribution >= 0.6 is 23.5 Å². The number of aromatic carboxylic acids is 1. The third-order valence-corrected chi connectivity index (χ3v) is 3.20. The molecule has 0 radical (unpaired) electrons. The lowest BCUT2D eigenvalue weighted by Crippen LogP contribution is -1.99. The molecule has 5 heteroatoms. The van der Waals surface area contributed by atoms with Crippen molar-refractivity contribution in [2.75, 3.05) is 11.5 Å². The highest BCUT2D eigenvalue weighted by molar-refractivity contribution is 7.99. The van der Waals surface area contributed by atoms with Crippen molar-refractivity contribution in [2.24, 2.45) is 0 Å². The van der Waals surface area contributed by atoms with E-state index in [4.69, 9.17) is 5.11 Å². The van der Waals surface area contributed by atoms with Crippen molar-refractivity contribution in [3.63, 3.8) is 0 Å². The Labute approximate surface area is 97.7 Å². The molecular weight excluding hydrogens is 230 g/mol. The van der Waals surface area contributed by atoms with Gasteiger partial charge in [-0.1, -0.05) is 13.8 Å². The zero-order valence-corrected chi connectivity index (χ0v) is 10.3. The number of hydrogen-bond acceptors (Lipinski definition) is 4. The number of hydrogen-bond donors (Lipinski definition) is 1. The number of carboxylic acids is 1. The fourth-order valence-corrected chi connectivity index (χ4v) is 2.44. The highest BCUT2D eigenvalue weighted by Crippen LogP contribution is 2.23. The van der Waals surface area contributed by atoms with E-state index in [-0.39, 0.29) is 0 Å². The monoisotopic (exact) mass is 243 g/mol. The average Bonchev–Trinajstić information content (AvgIpc) is 2.18. The van der Waals surface area contributed by atoms with Crippen LogP contribution in [-0.4, -0.2) is 27.6 Å². The number of carbonyl (C=O) groups is 1. The fourth-order valence-electron chi connectivity index (χ4n) is 1.05. The molecule has 1 heterocycles. The normalized spacial score (nSPS) is 10.3. The summed E-state index contributed by atoms with van der Waals surface area (Å²) in [6, 6.07) is 3.24. The first-order valence-corrected chi connectivity index (χ1v) is 6.65. The summed E-state index contributed by atoms with van der Waals surface area (Å²) in [6.45, 7) is 4.04. The van der Waals surface area contributed by atoms with Gasteiger partial charge in [0.2, 0.25) is 0 Å². The van der Waals surface area contributed by atoms with Crippen molar-refractivity contribution < 1.29 is 9.90 Å². The quantitative estimate of drug-likeness (QED) is 0.806. The van der Waals surface area contributed by atoms with Crippen LogP contribution in [0.4, 0.5) is 0 Å². The molecule has 1 rings (SSSR count). The van der Waals surface area contributed by atoms with Crippen molar-refractivity contribution in [1.82, 2.24) is 4.98 Å². The smallest absolute Gasteiger partial charge is 0.335 e. The predicted octanol–water partition coefficient (Wildman–Crippen LogP) is 3.00. The van der Waals surface area contributed by atoms with Gasteiger partial charge in [0.05, 0.1) is 15.6 Å². The summed E-state index contributed by atoms with van der Waals surface area (Å²) < 4.78 is 0. The van der Waals surface area contributed by atoms with E-state index in [1.165, 1.54) is 0 Å². The summed E-state index contributed by atoms with van der Waals surface area (Å²) in [7, 11) is 0. The van der Waals surface area contributed by atoms with Gasteiger partial charge in [-0.15, -0.1) is 23.5 Å². The van der Waals surface area contributed by atoms with Gasteiger partial charge in [-0.25, -0.2) is 9.78 Å².